The van der Waals surface area contributed by atoms with E-state index in [0.29, 0.717) is 0 Å². The van der Waals surface area contributed by atoms with Crippen LogP contribution >= 0.6 is 0 Å². The smallest absolute Gasteiger partial charge is 0.344 e. The summed E-state index contributed by atoms with van der Waals surface area (Å²) in [6, 6.07) is 13.1. The Morgan fingerprint density at radius 1 is 0.760 bits per heavy atom. The van der Waals surface area contributed by atoms with Gasteiger partial charge < -0.3 is 9.47 Å². The molecule has 0 heterocycles. The second-order valence-corrected chi connectivity index (χ2v) is 4.94. The van der Waals surface area contributed by atoms with Crippen molar-refractivity contribution in [3.8, 4) is 0 Å². The summed E-state index contributed by atoms with van der Waals surface area (Å²) in [4.78, 5) is 36.0. The first-order valence-corrected chi connectivity index (χ1v) is 7.26. The van der Waals surface area contributed by atoms with Gasteiger partial charge in [-0.2, -0.15) is 0 Å². The van der Waals surface area contributed by atoms with Gasteiger partial charge in [-0.15, -0.1) is 0 Å². The average molecular weight is 342 g/mol. The summed E-state index contributed by atoms with van der Waals surface area (Å²) in [5, 5.41) is 0. The Hall–Kier alpha value is -3.28. The van der Waals surface area contributed by atoms with Crippen molar-refractivity contribution in [3.63, 3.8) is 0 Å². The third-order valence-electron chi connectivity index (χ3n) is 3.43. The van der Waals surface area contributed by atoms with Gasteiger partial charge in [-0.05, 0) is 12.1 Å². The van der Waals surface area contributed by atoms with Gasteiger partial charge in [-0.3, -0.25) is 4.79 Å². The molecule has 0 amide bonds. The van der Waals surface area contributed by atoms with E-state index in [1.54, 1.807) is 18.2 Å². The molecular weight excluding hydrogens is 327 g/mol. The van der Waals surface area contributed by atoms with Gasteiger partial charge in [0.05, 0.1) is 19.8 Å². The molecule has 0 aliphatic rings. The van der Waals surface area contributed by atoms with Gasteiger partial charge in [-0.25, -0.2) is 14.0 Å². The normalized spacial score (nSPS) is 11.3. The molecule has 2 rings (SSSR count). The molecule has 0 bridgehead atoms. The van der Waals surface area contributed by atoms with Gasteiger partial charge in [0.2, 0.25) is 5.78 Å². The highest BCUT2D eigenvalue weighted by Crippen LogP contribution is 2.24. The fourth-order valence-corrected chi connectivity index (χ4v) is 2.13. The zero-order valence-electron chi connectivity index (χ0n) is 13.6. The van der Waals surface area contributed by atoms with E-state index < -0.39 is 29.1 Å². The second kappa shape index (κ2) is 8.01. The Morgan fingerprint density at radius 2 is 1.32 bits per heavy atom. The maximum Gasteiger partial charge on any atom is 0.344 e. The Labute approximate surface area is 143 Å². The summed E-state index contributed by atoms with van der Waals surface area (Å²) in [6.07, 6.45) is 0. The average Bonchev–Trinajstić information content (AvgIpc) is 2.67. The van der Waals surface area contributed by atoms with Gasteiger partial charge >= 0.3 is 11.9 Å². The van der Waals surface area contributed by atoms with Crippen LogP contribution in [0, 0.1) is 0 Å². The van der Waals surface area contributed by atoms with E-state index in [4.69, 9.17) is 0 Å². The molecule has 0 atom stereocenters. The lowest BCUT2D eigenvalue weighted by Crippen LogP contribution is -2.16. The van der Waals surface area contributed by atoms with Crippen LogP contribution in [0.4, 0.5) is 4.39 Å². The standard InChI is InChI=1S/C19H15FO5/c1-24-18(22)14-10-8-13(9-11-14)17(21)15(19(23)25-2)16(20)12-6-4-3-5-7-12/h3-11H,1-2H3. The van der Waals surface area contributed by atoms with Gasteiger partial charge in [0.1, 0.15) is 11.4 Å². The molecule has 2 aromatic rings. The number of hydrogen-bond donors (Lipinski definition) is 0. The number of esters is 2. The van der Waals surface area contributed by atoms with Crippen molar-refractivity contribution < 1.29 is 28.2 Å². The molecule has 0 aromatic heterocycles. The number of Topliss-reactive ketones (excluding diaryl/α,β-unsaturated/α-hetero) is 1. The minimum Gasteiger partial charge on any atom is -0.465 e. The van der Waals surface area contributed by atoms with Crippen molar-refractivity contribution in [1.82, 2.24) is 0 Å². The molecule has 0 unspecified atom stereocenters. The number of benzene rings is 2. The Morgan fingerprint density at radius 3 is 1.84 bits per heavy atom. The van der Waals surface area contributed by atoms with Crippen LogP contribution < -0.4 is 0 Å². The maximum absolute atomic E-state index is 14.7. The van der Waals surface area contributed by atoms with Crippen LogP contribution in [0.1, 0.15) is 26.3 Å². The van der Waals surface area contributed by atoms with Crippen LogP contribution in [0.25, 0.3) is 5.83 Å². The van der Waals surface area contributed by atoms with Crippen molar-refractivity contribution in [2.75, 3.05) is 14.2 Å². The number of carbonyl (C=O) groups is 3. The van der Waals surface area contributed by atoms with E-state index in [1.807, 2.05) is 0 Å². The fourth-order valence-electron chi connectivity index (χ4n) is 2.13. The first-order chi connectivity index (χ1) is 12.0. The molecular formula is C19H15FO5. The Bertz CT molecular complexity index is 823. The first kappa shape index (κ1) is 18.1. The number of hydrogen-bond acceptors (Lipinski definition) is 5. The fraction of sp³-hybridized carbons (Fsp3) is 0.105. The summed E-state index contributed by atoms with van der Waals surface area (Å²) in [5.74, 6) is -3.47. The second-order valence-electron chi connectivity index (χ2n) is 4.94. The van der Waals surface area contributed by atoms with Gasteiger partial charge in [0.15, 0.2) is 0 Å². The molecule has 0 saturated carbocycles. The highest BCUT2D eigenvalue weighted by atomic mass is 19.1. The van der Waals surface area contributed by atoms with Gasteiger partial charge in [0.25, 0.3) is 0 Å². The molecule has 0 aliphatic heterocycles. The summed E-state index contributed by atoms with van der Waals surface area (Å²) >= 11 is 0. The molecule has 0 fully saturated rings. The largest absolute Gasteiger partial charge is 0.465 e. The molecule has 128 valence electrons. The van der Waals surface area contributed by atoms with Crippen molar-refractivity contribution >= 4 is 23.5 Å². The first-order valence-electron chi connectivity index (χ1n) is 7.26. The number of halogens is 1. The van der Waals surface area contributed by atoms with E-state index in [0.717, 1.165) is 7.11 Å². The number of carbonyl (C=O) groups excluding carboxylic acids is 3. The van der Waals surface area contributed by atoms with Crippen LogP contribution in [0.5, 0.6) is 0 Å². The van der Waals surface area contributed by atoms with Crippen LogP contribution in [0.3, 0.4) is 0 Å². The van der Waals surface area contributed by atoms with Gasteiger partial charge in [0, 0.05) is 11.1 Å². The Balaban J connectivity index is 2.47. The van der Waals surface area contributed by atoms with Crippen molar-refractivity contribution in [2.45, 2.75) is 0 Å². The van der Waals surface area contributed by atoms with Crippen molar-refractivity contribution in [2.24, 2.45) is 0 Å². The van der Waals surface area contributed by atoms with Crippen LogP contribution in [0.2, 0.25) is 0 Å². The molecule has 6 heteroatoms. The molecule has 2 aromatic carbocycles. The monoisotopic (exact) mass is 342 g/mol. The van der Waals surface area contributed by atoms with Crippen LogP contribution in [0.15, 0.2) is 60.2 Å². The van der Waals surface area contributed by atoms with E-state index in [1.165, 1.54) is 43.5 Å². The Kier molecular flexibility index (Phi) is 5.79. The third kappa shape index (κ3) is 3.98. The molecule has 5 nitrogen and oxygen atoms in total. The lowest BCUT2D eigenvalue weighted by Gasteiger charge is -2.08. The lowest BCUT2D eigenvalue weighted by atomic mass is 9.99. The summed E-state index contributed by atoms with van der Waals surface area (Å²) in [5.41, 5.74) is -0.354. The van der Waals surface area contributed by atoms with E-state index >= 15 is 0 Å². The van der Waals surface area contributed by atoms with E-state index in [9.17, 15) is 18.8 Å². The molecule has 25 heavy (non-hydrogen) atoms. The van der Waals surface area contributed by atoms with Crippen molar-refractivity contribution in [3.05, 3.63) is 76.9 Å². The zero-order chi connectivity index (χ0) is 18.4. The quantitative estimate of drug-likeness (QED) is 0.274. The minimum atomic E-state index is -1.08. The summed E-state index contributed by atoms with van der Waals surface area (Å²) in [7, 11) is 2.29. The molecule has 0 spiro atoms. The predicted molar refractivity (Wildman–Crippen MR) is 88.6 cm³/mol. The highest BCUT2D eigenvalue weighted by Gasteiger charge is 2.26. The van der Waals surface area contributed by atoms with Crippen molar-refractivity contribution in [1.29, 1.82) is 0 Å². The predicted octanol–water partition coefficient (Wildman–Crippen LogP) is 3.21. The zero-order valence-corrected chi connectivity index (χ0v) is 13.6. The van der Waals surface area contributed by atoms with E-state index in [-0.39, 0.29) is 16.7 Å². The number of rotatable bonds is 5. The number of ketones is 1. The topological polar surface area (TPSA) is 69.7 Å². The third-order valence-corrected chi connectivity index (χ3v) is 3.43. The SMILES string of the molecule is COC(=O)C(C(=O)c1ccc(C(=O)OC)cc1)=C(F)c1ccccc1. The highest BCUT2D eigenvalue weighted by molar-refractivity contribution is 6.28. The summed E-state index contributed by atoms with van der Waals surface area (Å²) < 4.78 is 23.8. The molecule has 0 radical (unpaired) electrons. The number of methoxy groups -OCH3 is 2. The molecule has 0 aliphatic carbocycles. The summed E-state index contributed by atoms with van der Waals surface area (Å²) in [6.45, 7) is 0. The van der Waals surface area contributed by atoms with Crippen LogP contribution in [-0.2, 0) is 14.3 Å². The number of ether oxygens (including phenoxy) is 2. The van der Waals surface area contributed by atoms with Crippen LogP contribution in [-0.4, -0.2) is 31.9 Å². The maximum atomic E-state index is 14.7. The molecule has 0 N–H and O–H groups in total. The van der Waals surface area contributed by atoms with E-state index in [2.05, 4.69) is 9.47 Å². The lowest BCUT2D eigenvalue weighted by molar-refractivity contribution is -0.135. The molecule has 0 saturated heterocycles. The van der Waals surface area contributed by atoms with Gasteiger partial charge in [-0.1, -0.05) is 42.5 Å². The minimum absolute atomic E-state index is 0.0409.